The maximum Gasteiger partial charge on any atom is 0.439 e. The third kappa shape index (κ3) is 6.99. The average molecular weight is 594 g/mol. The molecule has 0 aliphatic carbocycles. The summed E-state index contributed by atoms with van der Waals surface area (Å²) in [6.07, 6.45) is -3.71. The summed E-state index contributed by atoms with van der Waals surface area (Å²) in [6, 6.07) is 11.0. The molecule has 1 fully saturated rings. The lowest BCUT2D eigenvalue weighted by Crippen LogP contribution is -2.30. The van der Waals surface area contributed by atoms with Gasteiger partial charge in [-0.15, -0.1) is 14.6 Å². The van der Waals surface area contributed by atoms with E-state index >= 15 is 0 Å². The van der Waals surface area contributed by atoms with Gasteiger partial charge < -0.3 is 15.3 Å². The Balaban J connectivity index is 1.77. The zero-order valence-corrected chi connectivity index (χ0v) is 22.9. The zero-order valence-electron chi connectivity index (χ0n) is 22.1. The molecule has 0 spiro atoms. The lowest BCUT2D eigenvalue weighted by atomic mass is 10.0. The molecule has 4 rings (SSSR count). The van der Waals surface area contributed by atoms with Gasteiger partial charge in [0.05, 0.1) is 21.0 Å². The minimum Gasteiger partial charge on any atom is -0.463 e. The third-order valence-electron chi connectivity index (χ3n) is 6.66. The Hall–Kier alpha value is -4.07. The van der Waals surface area contributed by atoms with Gasteiger partial charge in [0.15, 0.2) is 5.82 Å². The Bertz CT molecular complexity index is 1590. The fourth-order valence-electron chi connectivity index (χ4n) is 4.54. The van der Waals surface area contributed by atoms with E-state index in [1.807, 2.05) is 0 Å². The first-order valence-electron chi connectivity index (χ1n) is 12.5. The highest BCUT2D eigenvalue weighted by molar-refractivity contribution is 7.93. The molecule has 0 radical (unpaired) electrons. The second-order valence-corrected chi connectivity index (χ2v) is 11.9. The highest BCUT2D eigenvalue weighted by Crippen LogP contribution is 2.34. The molecule has 1 aliphatic rings. The van der Waals surface area contributed by atoms with Crippen molar-refractivity contribution in [2.45, 2.75) is 43.4 Å². The Morgan fingerprint density at radius 2 is 1.80 bits per heavy atom. The smallest absolute Gasteiger partial charge is 0.439 e. The summed E-state index contributed by atoms with van der Waals surface area (Å²) in [5.41, 5.74) is 1.02. The van der Waals surface area contributed by atoms with Crippen molar-refractivity contribution >= 4 is 33.2 Å². The van der Waals surface area contributed by atoms with Crippen LogP contribution in [0.2, 0.25) is 0 Å². The molecule has 1 saturated heterocycles. The van der Waals surface area contributed by atoms with Crippen molar-refractivity contribution < 1.29 is 36.5 Å². The van der Waals surface area contributed by atoms with E-state index in [2.05, 4.69) is 19.9 Å². The Morgan fingerprint density at radius 1 is 1.10 bits per heavy atom. The van der Waals surface area contributed by atoms with Crippen LogP contribution in [0.5, 0.6) is 0 Å². The molecule has 2 aromatic carbocycles. The van der Waals surface area contributed by atoms with Gasteiger partial charge in [0.2, 0.25) is 5.92 Å². The highest BCUT2D eigenvalue weighted by atomic mass is 32.2. The number of amides is 2. The molecule has 3 aromatic rings. The summed E-state index contributed by atoms with van der Waals surface area (Å²) >= 11 is 0. The molecule has 2 N–H and O–H groups in total. The summed E-state index contributed by atoms with van der Waals surface area (Å²) in [6.45, 7) is 1.72. The van der Waals surface area contributed by atoms with E-state index in [-0.39, 0.29) is 59.2 Å². The van der Waals surface area contributed by atoms with E-state index in [4.69, 9.17) is 5.11 Å². The van der Waals surface area contributed by atoms with Crippen LogP contribution in [0.15, 0.2) is 57.8 Å². The van der Waals surface area contributed by atoms with Gasteiger partial charge >= 0.3 is 6.09 Å². The van der Waals surface area contributed by atoms with Crippen LogP contribution >= 0.6 is 0 Å². The second kappa shape index (κ2) is 11.8. The van der Waals surface area contributed by atoms with Crippen LogP contribution in [0, 0.1) is 6.92 Å². The standard InChI is InChI=1S/C27H27F4N5O4S/c1-16-21(25(37)32-19-5-3-6-20(15-19)41(2,40)35-26(38)39)24(36-13-4-11-27(30,31)12-14-36)34-33-22(16)17-7-9-18(10-8-17)23(28)29/h3,5-10,15,23H,4,11-14H2,1-2H3,(H,32,37)(H,38,39). The van der Waals surface area contributed by atoms with Crippen LogP contribution < -0.4 is 10.2 Å². The molecular formula is C27H27F4N5O4S. The summed E-state index contributed by atoms with van der Waals surface area (Å²) in [5.74, 6) is -3.45. The van der Waals surface area contributed by atoms with Crippen LogP contribution in [0.25, 0.3) is 11.3 Å². The first kappa shape index (κ1) is 29.9. The number of carboxylic acid groups (broad SMARTS) is 1. The molecular weight excluding hydrogens is 566 g/mol. The van der Waals surface area contributed by atoms with E-state index in [0.29, 0.717) is 11.1 Å². The SMILES string of the molecule is Cc1c(-c2ccc(C(F)F)cc2)nnc(N2CCCC(F)(F)CC2)c1C(=O)Nc1cccc(S(C)(=O)=NC(=O)O)c1. The molecule has 1 unspecified atom stereocenters. The molecule has 2 amide bonds. The van der Waals surface area contributed by atoms with E-state index in [9.17, 15) is 31.4 Å². The minimum atomic E-state index is -3.31. The van der Waals surface area contributed by atoms with Crippen molar-refractivity contribution in [3.63, 3.8) is 0 Å². The molecule has 9 nitrogen and oxygen atoms in total. The summed E-state index contributed by atoms with van der Waals surface area (Å²) < 4.78 is 70.4. The monoisotopic (exact) mass is 593 g/mol. The molecule has 41 heavy (non-hydrogen) atoms. The summed E-state index contributed by atoms with van der Waals surface area (Å²) in [7, 11) is -3.31. The number of carbonyl (C=O) groups excluding carboxylic acids is 1. The molecule has 2 heterocycles. The topological polar surface area (TPSA) is 125 Å². The zero-order chi connectivity index (χ0) is 29.9. The number of aromatic nitrogens is 2. The fourth-order valence-corrected chi connectivity index (χ4v) is 5.62. The minimum absolute atomic E-state index is 0.0380. The van der Waals surface area contributed by atoms with Crippen molar-refractivity contribution in [1.29, 1.82) is 0 Å². The molecule has 218 valence electrons. The first-order valence-corrected chi connectivity index (χ1v) is 14.4. The first-order chi connectivity index (χ1) is 19.3. The van der Waals surface area contributed by atoms with Crippen LogP contribution in [0.1, 0.15) is 47.2 Å². The van der Waals surface area contributed by atoms with Gasteiger partial charge in [-0.05, 0) is 37.1 Å². The number of alkyl halides is 4. The maximum atomic E-state index is 14.1. The van der Waals surface area contributed by atoms with Crippen molar-refractivity contribution in [2.75, 3.05) is 29.6 Å². The summed E-state index contributed by atoms with van der Waals surface area (Å²) in [5, 5.41) is 20.1. The van der Waals surface area contributed by atoms with Crippen LogP contribution in [0.3, 0.4) is 0 Å². The van der Waals surface area contributed by atoms with Gasteiger partial charge in [0, 0.05) is 53.9 Å². The van der Waals surface area contributed by atoms with Gasteiger partial charge in [-0.1, -0.05) is 30.3 Å². The summed E-state index contributed by atoms with van der Waals surface area (Å²) in [4.78, 5) is 26.4. The molecule has 0 bridgehead atoms. The maximum absolute atomic E-state index is 14.1. The Labute approximate surface area is 233 Å². The van der Waals surface area contributed by atoms with Crippen LogP contribution in [0.4, 0.5) is 33.9 Å². The molecule has 1 atom stereocenters. The molecule has 1 aromatic heterocycles. The number of anilines is 2. The van der Waals surface area contributed by atoms with Crippen LogP contribution in [-0.2, 0) is 9.73 Å². The number of nitrogens with one attached hydrogen (secondary N) is 1. The Kier molecular flexibility index (Phi) is 8.61. The normalized spacial score (nSPS) is 16.5. The van der Waals surface area contributed by atoms with Crippen molar-refractivity contribution in [3.05, 3.63) is 65.2 Å². The van der Waals surface area contributed by atoms with E-state index in [0.717, 1.165) is 6.26 Å². The predicted molar refractivity (Wildman–Crippen MR) is 145 cm³/mol. The largest absolute Gasteiger partial charge is 0.463 e. The van der Waals surface area contributed by atoms with E-state index in [1.54, 1.807) is 11.8 Å². The molecule has 14 heteroatoms. The third-order valence-corrected chi connectivity index (χ3v) is 8.29. The fraction of sp³-hybridized carbons (Fsp3) is 0.333. The van der Waals surface area contributed by atoms with Gasteiger partial charge in [-0.2, -0.15) is 0 Å². The predicted octanol–water partition coefficient (Wildman–Crippen LogP) is 6.40. The molecule has 1 aliphatic heterocycles. The number of hydrogen-bond donors (Lipinski definition) is 2. The van der Waals surface area contributed by atoms with Gasteiger partial charge in [-0.25, -0.2) is 26.6 Å². The Morgan fingerprint density at radius 3 is 2.46 bits per heavy atom. The number of halogens is 4. The van der Waals surface area contributed by atoms with Gasteiger partial charge in [-0.3, -0.25) is 4.79 Å². The van der Waals surface area contributed by atoms with E-state index in [1.165, 1.54) is 48.5 Å². The number of benzene rings is 2. The van der Waals surface area contributed by atoms with Gasteiger partial charge in [0.25, 0.3) is 12.3 Å². The van der Waals surface area contributed by atoms with Gasteiger partial charge in [0.1, 0.15) is 0 Å². The second-order valence-electron chi connectivity index (χ2n) is 9.65. The van der Waals surface area contributed by atoms with Crippen molar-refractivity contribution in [1.82, 2.24) is 10.2 Å². The quantitative estimate of drug-likeness (QED) is 0.317. The highest BCUT2D eigenvalue weighted by Gasteiger charge is 2.34. The van der Waals surface area contributed by atoms with Crippen molar-refractivity contribution in [3.8, 4) is 11.3 Å². The number of hydrogen-bond acceptors (Lipinski definition) is 6. The molecule has 0 saturated carbocycles. The number of rotatable bonds is 6. The van der Waals surface area contributed by atoms with Crippen LogP contribution in [-0.4, -0.2) is 56.8 Å². The lowest BCUT2D eigenvalue weighted by Gasteiger charge is -2.25. The number of carbonyl (C=O) groups is 2. The van der Waals surface area contributed by atoms with Crippen molar-refractivity contribution in [2.24, 2.45) is 4.36 Å². The lowest BCUT2D eigenvalue weighted by molar-refractivity contribution is -0.0102. The average Bonchev–Trinajstić information content (AvgIpc) is 3.08. The number of nitrogens with zero attached hydrogens (tertiary/aromatic N) is 4. The van der Waals surface area contributed by atoms with E-state index < -0.39 is 40.5 Å².